The summed E-state index contributed by atoms with van der Waals surface area (Å²) >= 11 is 0. The van der Waals surface area contributed by atoms with Crippen LogP contribution in [0.4, 0.5) is 0 Å². The molecule has 1 heterocycles. The fourth-order valence-corrected chi connectivity index (χ4v) is 4.24. The molecule has 1 aromatic carbocycles. The summed E-state index contributed by atoms with van der Waals surface area (Å²) in [5.41, 5.74) is 1.10. The molecule has 1 aliphatic carbocycles. The number of guanidine groups is 1. The van der Waals surface area contributed by atoms with Crippen LogP contribution in [-0.2, 0) is 11.3 Å². The fourth-order valence-electron chi connectivity index (χ4n) is 4.24. The Morgan fingerprint density at radius 3 is 2.40 bits per heavy atom. The summed E-state index contributed by atoms with van der Waals surface area (Å²) in [6.07, 6.45) is 7.72. The molecule has 0 bridgehead atoms. The topological polar surface area (TPSA) is 69.2 Å². The van der Waals surface area contributed by atoms with Crippen molar-refractivity contribution >= 4 is 11.9 Å². The predicted molar refractivity (Wildman–Crippen MR) is 121 cm³/mol. The summed E-state index contributed by atoms with van der Waals surface area (Å²) in [6.45, 7) is 3.08. The Morgan fingerprint density at radius 1 is 1.13 bits per heavy atom. The van der Waals surface area contributed by atoms with Gasteiger partial charge in [0.05, 0.1) is 20.2 Å². The van der Waals surface area contributed by atoms with Crippen LogP contribution in [0.25, 0.3) is 0 Å². The maximum Gasteiger partial charge on any atom is 0.241 e. The number of carbonyl (C=O) groups excluding carboxylic acids is 1. The van der Waals surface area contributed by atoms with Crippen molar-refractivity contribution in [3.8, 4) is 5.75 Å². The molecule has 7 heteroatoms. The number of hydrogen-bond acceptors (Lipinski definition) is 4. The van der Waals surface area contributed by atoms with E-state index < -0.39 is 0 Å². The van der Waals surface area contributed by atoms with E-state index in [1.165, 1.54) is 25.7 Å². The highest BCUT2D eigenvalue weighted by Gasteiger charge is 2.27. The number of ether oxygens (including phenoxy) is 1. The molecule has 1 aromatic rings. The molecule has 0 atom stereocenters. The molecule has 0 aromatic heterocycles. The van der Waals surface area contributed by atoms with E-state index in [9.17, 15) is 4.79 Å². The summed E-state index contributed by atoms with van der Waals surface area (Å²) in [6, 6.07) is 9.11. The molecule has 2 N–H and O–H groups in total. The monoisotopic (exact) mass is 415 g/mol. The van der Waals surface area contributed by atoms with E-state index in [2.05, 4.69) is 15.5 Å². The standard InChI is InChI=1S/C23H37N5O2/c1-27(2)22(29)17-25-23(24-16-18-8-10-21(30-3)11-9-18)26-19-12-14-28(15-13-19)20-6-4-5-7-20/h8-11,19-20H,4-7,12-17H2,1-3H3,(H2,24,25,26). The number of carbonyl (C=O) groups is 1. The molecule has 166 valence electrons. The van der Waals surface area contributed by atoms with Gasteiger partial charge in [0, 0.05) is 39.3 Å². The first-order valence-corrected chi connectivity index (χ1v) is 11.2. The van der Waals surface area contributed by atoms with Crippen molar-refractivity contribution < 1.29 is 9.53 Å². The van der Waals surface area contributed by atoms with Gasteiger partial charge in [0.25, 0.3) is 0 Å². The van der Waals surface area contributed by atoms with Crippen LogP contribution >= 0.6 is 0 Å². The van der Waals surface area contributed by atoms with Crippen molar-refractivity contribution in [1.29, 1.82) is 0 Å². The van der Waals surface area contributed by atoms with Gasteiger partial charge in [-0.2, -0.15) is 0 Å². The molecule has 7 nitrogen and oxygen atoms in total. The zero-order valence-corrected chi connectivity index (χ0v) is 18.7. The summed E-state index contributed by atoms with van der Waals surface area (Å²) in [7, 11) is 5.20. The third-order valence-electron chi connectivity index (χ3n) is 6.20. The normalized spacial score (nSPS) is 19.0. The first-order valence-electron chi connectivity index (χ1n) is 11.2. The average Bonchev–Trinajstić information content (AvgIpc) is 3.31. The second-order valence-corrected chi connectivity index (χ2v) is 8.55. The lowest BCUT2D eigenvalue weighted by atomic mass is 10.0. The Morgan fingerprint density at radius 2 is 1.80 bits per heavy atom. The minimum atomic E-state index is 0.0324. The van der Waals surface area contributed by atoms with Gasteiger partial charge in [0.1, 0.15) is 5.75 Å². The smallest absolute Gasteiger partial charge is 0.241 e. The number of nitrogens with zero attached hydrogens (tertiary/aromatic N) is 3. The van der Waals surface area contributed by atoms with Gasteiger partial charge in [-0.05, 0) is 43.4 Å². The van der Waals surface area contributed by atoms with Crippen LogP contribution in [0.5, 0.6) is 5.75 Å². The third kappa shape index (κ3) is 6.62. The number of methoxy groups -OCH3 is 1. The Kier molecular flexibility index (Phi) is 8.37. The minimum Gasteiger partial charge on any atom is -0.497 e. The fraction of sp³-hybridized carbons (Fsp3) is 0.652. The molecule has 1 saturated heterocycles. The van der Waals surface area contributed by atoms with Crippen LogP contribution in [0.2, 0.25) is 0 Å². The summed E-state index contributed by atoms with van der Waals surface area (Å²) in [5, 5.41) is 6.79. The number of aliphatic imine (C=N–C) groups is 1. The molecule has 30 heavy (non-hydrogen) atoms. The van der Waals surface area contributed by atoms with E-state index in [-0.39, 0.29) is 12.5 Å². The Hall–Kier alpha value is -2.28. The largest absolute Gasteiger partial charge is 0.497 e. The summed E-state index contributed by atoms with van der Waals surface area (Å²) < 4.78 is 5.22. The van der Waals surface area contributed by atoms with Gasteiger partial charge in [-0.15, -0.1) is 0 Å². The lowest BCUT2D eigenvalue weighted by Gasteiger charge is -2.36. The number of hydrogen-bond donors (Lipinski definition) is 2. The zero-order valence-electron chi connectivity index (χ0n) is 18.7. The molecule has 1 aliphatic heterocycles. The van der Waals surface area contributed by atoms with E-state index in [0.29, 0.717) is 18.5 Å². The van der Waals surface area contributed by atoms with Crippen LogP contribution < -0.4 is 15.4 Å². The zero-order chi connectivity index (χ0) is 21.3. The highest BCUT2D eigenvalue weighted by atomic mass is 16.5. The van der Waals surface area contributed by atoms with E-state index in [1.54, 1.807) is 26.1 Å². The predicted octanol–water partition coefficient (Wildman–Crippen LogP) is 2.23. The molecule has 2 aliphatic rings. The Balaban J connectivity index is 1.56. The molecular formula is C23H37N5O2. The van der Waals surface area contributed by atoms with Crippen LogP contribution in [0.3, 0.4) is 0 Å². The maximum atomic E-state index is 12.0. The number of amides is 1. The first kappa shape index (κ1) is 22.4. The van der Waals surface area contributed by atoms with Gasteiger partial charge < -0.3 is 25.2 Å². The van der Waals surface area contributed by atoms with E-state index >= 15 is 0 Å². The lowest BCUT2D eigenvalue weighted by Crippen LogP contribution is -2.51. The highest BCUT2D eigenvalue weighted by Crippen LogP contribution is 2.26. The molecule has 0 radical (unpaired) electrons. The molecule has 1 amide bonds. The second-order valence-electron chi connectivity index (χ2n) is 8.55. The van der Waals surface area contributed by atoms with Crippen molar-refractivity contribution in [2.75, 3.05) is 40.8 Å². The summed E-state index contributed by atoms with van der Waals surface area (Å²) in [4.78, 5) is 21.0. The number of piperidine rings is 1. The Labute approximate surface area is 180 Å². The van der Waals surface area contributed by atoms with Gasteiger partial charge in [-0.25, -0.2) is 4.99 Å². The van der Waals surface area contributed by atoms with Gasteiger partial charge in [0.15, 0.2) is 5.96 Å². The number of rotatable bonds is 7. The average molecular weight is 416 g/mol. The number of likely N-dealkylation sites (N-methyl/N-ethyl adjacent to an activating group) is 1. The number of benzene rings is 1. The molecule has 1 saturated carbocycles. The van der Waals surface area contributed by atoms with Crippen molar-refractivity contribution in [2.24, 2.45) is 4.99 Å². The van der Waals surface area contributed by atoms with E-state index in [4.69, 9.17) is 9.73 Å². The SMILES string of the molecule is COc1ccc(CN=C(NCC(=O)N(C)C)NC2CCN(C3CCCC3)CC2)cc1. The van der Waals surface area contributed by atoms with Crippen LogP contribution in [0.15, 0.2) is 29.3 Å². The van der Waals surface area contributed by atoms with Crippen LogP contribution in [-0.4, -0.2) is 74.6 Å². The van der Waals surface area contributed by atoms with Gasteiger partial charge in [-0.1, -0.05) is 25.0 Å². The molecule has 3 rings (SSSR count). The van der Waals surface area contributed by atoms with Crippen molar-refractivity contribution in [2.45, 2.75) is 57.2 Å². The maximum absolute atomic E-state index is 12.0. The highest BCUT2D eigenvalue weighted by molar-refractivity contribution is 5.86. The Bertz CT molecular complexity index is 690. The first-order chi connectivity index (χ1) is 14.5. The van der Waals surface area contributed by atoms with Gasteiger partial charge in [0.2, 0.25) is 5.91 Å². The van der Waals surface area contributed by atoms with E-state index in [0.717, 1.165) is 43.3 Å². The van der Waals surface area contributed by atoms with Gasteiger partial charge in [-0.3, -0.25) is 4.79 Å². The van der Waals surface area contributed by atoms with Crippen molar-refractivity contribution in [3.05, 3.63) is 29.8 Å². The van der Waals surface area contributed by atoms with Crippen LogP contribution in [0, 0.1) is 0 Å². The molecular weight excluding hydrogens is 378 g/mol. The van der Waals surface area contributed by atoms with Crippen molar-refractivity contribution in [1.82, 2.24) is 20.4 Å². The molecule has 0 spiro atoms. The summed E-state index contributed by atoms with van der Waals surface area (Å²) in [5.74, 6) is 1.58. The quantitative estimate of drug-likeness (QED) is 0.528. The van der Waals surface area contributed by atoms with Crippen molar-refractivity contribution in [3.63, 3.8) is 0 Å². The molecule has 2 fully saturated rings. The van der Waals surface area contributed by atoms with Gasteiger partial charge >= 0.3 is 0 Å². The second kappa shape index (κ2) is 11.2. The number of likely N-dealkylation sites (tertiary alicyclic amines) is 1. The number of nitrogens with one attached hydrogen (secondary N) is 2. The minimum absolute atomic E-state index is 0.0324. The lowest BCUT2D eigenvalue weighted by molar-refractivity contribution is -0.127. The third-order valence-corrected chi connectivity index (χ3v) is 6.20. The van der Waals surface area contributed by atoms with Crippen LogP contribution in [0.1, 0.15) is 44.1 Å². The van der Waals surface area contributed by atoms with E-state index in [1.807, 2.05) is 24.3 Å². The molecule has 0 unspecified atom stereocenters.